The summed E-state index contributed by atoms with van der Waals surface area (Å²) in [5.74, 6) is -17.9. The molecule has 120 valence electrons. The van der Waals surface area contributed by atoms with Gasteiger partial charge < -0.3 is 14.3 Å². The normalized spacial score (nSPS) is 24.4. The molecule has 1 N–H and O–H groups in total. The Labute approximate surface area is 115 Å². The second kappa shape index (κ2) is 4.56. The summed E-state index contributed by atoms with van der Waals surface area (Å²) in [7, 11) is 0. The molecule has 0 spiro atoms. The Balaban J connectivity index is 2.29. The highest BCUT2D eigenvalue weighted by molar-refractivity contribution is 5.37. The van der Waals surface area contributed by atoms with Gasteiger partial charge in [0.15, 0.2) is 11.5 Å². The molecule has 1 aliphatic carbocycles. The van der Waals surface area contributed by atoms with E-state index in [0.29, 0.717) is 18.8 Å². The van der Waals surface area contributed by atoms with Gasteiger partial charge in [0, 0.05) is 6.07 Å². The number of hydrogen-bond donors (Lipinski definition) is 1. The van der Waals surface area contributed by atoms with Gasteiger partial charge in [-0.2, -0.15) is 26.3 Å². The van der Waals surface area contributed by atoms with Crippen LogP contribution in [-0.2, 0) is 5.60 Å². The third-order valence-electron chi connectivity index (χ3n) is 3.40. The fourth-order valence-corrected chi connectivity index (χ4v) is 2.01. The number of aliphatic hydroxyl groups is 1. The van der Waals surface area contributed by atoms with Crippen molar-refractivity contribution in [2.45, 2.75) is 43.1 Å². The number of unbranched alkanes of at least 4 members (excludes halogenated alkanes) is 1. The quantitative estimate of drug-likeness (QED) is 0.667. The fraction of sp³-hybridized carbons (Fsp3) is 0.667. The van der Waals surface area contributed by atoms with Gasteiger partial charge in [0.1, 0.15) is 6.26 Å². The van der Waals surface area contributed by atoms with E-state index in [2.05, 4.69) is 4.42 Å². The molecule has 3 nitrogen and oxygen atoms in total. The van der Waals surface area contributed by atoms with Gasteiger partial charge in [0.2, 0.25) is 0 Å². The molecule has 0 atom stereocenters. The molecule has 2 rings (SSSR count). The molecule has 0 amide bonds. The van der Waals surface area contributed by atoms with E-state index in [0.717, 1.165) is 6.42 Å². The molecule has 0 radical (unpaired) electrons. The lowest BCUT2D eigenvalue weighted by atomic mass is 9.66. The van der Waals surface area contributed by atoms with Crippen molar-refractivity contribution in [3.05, 3.63) is 18.1 Å². The molecule has 0 aromatic carbocycles. The average Bonchev–Trinajstić information content (AvgIpc) is 2.85. The predicted molar refractivity (Wildman–Crippen MR) is 57.8 cm³/mol. The van der Waals surface area contributed by atoms with Crippen LogP contribution in [0.3, 0.4) is 0 Å². The number of ether oxygens (including phenoxy) is 1. The van der Waals surface area contributed by atoms with Crippen molar-refractivity contribution >= 4 is 0 Å². The standard InChI is InChI=1S/C12H12F6O3/c1-2-3-4-20-7-5-8(21-6-7)9(19)10(13,14)12(17,18)11(9,15)16/h5-6,19H,2-4H2,1H3. The minimum atomic E-state index is -5.66. The van der Waals surface area contributed by atoms with Crippen molar-refractivity contribution in [3.8, 4) is 5.75 Å². The van der Waals surface area contributed by atoms with Gasteiger partial charge in [-0.05, 0) is 6.42 Å². The minimum Gasteiger partial charge on any atom is -0.490 e. The van der Waals surface area contributed by atoms with Crippen LogP contribution in [0.4, 0.5) is 26.3 Å². The molecular formula is C12H12F6O3. The smallest absolute Gasteiger partial charge is 0.379 e. The van der Waals surface area contributed by atoms with Crippen molar-refractivity contribution in [2.75, 3.05) is 6.61 Å². The van der Waals surface area contributed by atoms with Crippen LogP contribution in [0.15, 0.2) is 16.7 Å². The molecule has 1 saturated carbocycles. The summed E-state index contributed by atoms with van der Waals surface area (Å²) < 4.78 is 88.1. The van der Waals surface area contributed by atoms with Crippen LogP contribution >= 0.6 is 0 Å². The van der Waals surface area contributed by atoms with E-state index in [1.54, 1.807) is 0 Å². The van der Waals surface area contributed by atoms with Crippen molar-refractivity contribution in [1.29, 1.82) is 0 Å². The van der Waals surface area contributed by atoms with E-state index in [1.165, 1.54) is 0 Å². The SMILES string of the molecule is CCCCOc1coc(C2(O)C(F)(F)C(F)(F)C2(F)F)c1. The van der Waals surface area contributed by atoms with Crippen LogP contribution in [0.2, 0.25) is 0 Å². The van der Waals surface area contributed by atoms with Crippen LogP contribution in [0.25, 0.3) is 0 Å². The van der Waals surface area contributed by atoms with Crippen LogP contribution in [0.5, 0.6) is 5.75 Å². The predicted octanol–water partition coefficient (Wildman–Crippen LogP) is 3.57. The van der Waals surface area contributed by atoms with Gasteiger partial charge in [-0.1, -0.05) is 13.3 Å². The lowest BCUT2D eigenvalue weighted by Crippen LogP contribution is -2.84. The van der Waals surface area contributed by atoms with E-state index in [-0.39, 0.29) is 12.4 Å². The summed E-state index contributed by atoms with van der Waals surface area (Å²) in [6.45, 7) is 2.02. The summed E-state index contributed by atoms with van der Waals surface area (Å²) in [6, 6.07) is 0.562. The molecule has 1 fully saturated rings. The number of rotatable bonds is 5. The maximum Gasteiger partial charge on any atom is 0.379 e. The molecule has 1 heterocycles. The summed E-state index contributed by atoms with van der Waals surface area (Å²) in [4.78, 5) is 0. The highest BCUT2D eigenvalue weighted by atomic mass is 19.4. The van der Waals surface area contributed by atoms with Crippen LogP contribution in [-0.4, -0.2) is 29.5 Å². The lowest BCUT2D eigenvalue weighted by Gasteiger charge is -2.54. The van der Waals surface area contributed by atoms with Gasteiger partial charge in [-0.3, -0.25) is 0 Å². The third-order valence-corrected chi connectivity index (χ3v) is 3.40. The van der Waals surface area contributed by atoms with Gasteiger partial charge >= 0.3 is 17.8 Å². The lowest BCUT2D eigenvalue weighted by molar-refractivity contribution is -0.501. The first-order valence-corrected chi connectivity index (χ1v) is 6.11. The van der Waals surface area contributed by atoms with Crippen molar-refractivity contribution in [1.82, 2.24) is 0 Å². The number of alkyl halides is 6. The third kappa shape index (κ3) is 1.72. The Morgan fingerprint density at radius 2 is 1.67 bits per heavy atom. The first-order chi connectivity index (χ1) is 9.54. The summed E-state index contributed by atoms with van der Waals surface area (Å²) in [6.07, 6.45) is 2.07. The molecule has 1 aromatic rings. The second-order valence-electron chi connectivity index (χ2n) is 4.78. The van der Waals surface area contributed by atoms with Crippen molar-refractivity contribution in [2.24, 2.45) is 0 Å². The van der Waals surface area contributed by atoms with Crippen molar-refractivity contribution in [3.63, 3.8) is 0 Å². The Hall–Kier alpha value is -1.38. The zero-order valence-electron chi connectivity index (χ0n) is 10.8. The highest BCUT2D eigenvalue weighted by Crippen LogP contribution is 2.71. The van der Waals surface area contributed by atoms with Gasteiger partial charge in [0.25, 0.3) is 5.60 Å². The maximum atomic E-state index is 13.3. The van der Waals surface area contributed by atoms with E-state index >= 15 is 0 Å². The Morgan fingerprint density at radius 1 is 1.10 bits per heavy atom. The van der Waals surface area contributed by atoms with Gasteiger partial charge in [-0.25, -0.2) is 0 Å². The highest BCUT2D eigenvalue weighted by Gasteiger charge is 3.00. The van der Waals surface area contributed by atoms with Crippen LogP contribution in [0, 0.1) is 0 Å². The molecule has 9 heteroatoms. The molecule has 21 heavy (non-hydrogen) atoms. The first kappa shape index (κ1) is 16.0. The average molecular weight is 318 g/mol. The Kier molecular flexibility index (Phi) is 3.47. The first-order valence-electron chi connectivity index (χ1n) is 6.11. The molecule has 0 unspecified atom stereocenters. The zero-order valence-corrected chi connectivity index (χ0v) is 10.8. The van der Waals surface area contributed by atoms with Gasteiger partial charge in [0.05, 0.1) is 6.61 Å². The van der Waals surface area contributed by atoms with Gasteiger partial charge in [-0.15, -0.1) is 0 Å². The van der Waals surface area contributed by atoms with E-state index in [9.17, 15) is 31.4 Å². The topological polar surface area (TPSA) is 42.6 Å². The van der Waals surface area contributed by atoms with E-state index < -0.39 is 29.1 Å². The number of hydrogen-bond acceptors (Lipinski definition) is 3. The molecule has 1 aliphatic rings. The zero-order chi connectivity index (χ0) is 16.1. The summed E-state index contributed by atoms with van der Waals surface area (Å²) in [5, 5.41) is 9.43. The number of furan rings is 1. The van der Waals surface area contributed by atoms with E-state index in [1.807, 2.05) is 6.92 Å². The molecule has 0 aliphatic heterocycles. The van der Waals surface area contributed by atoms with E-state index in [4.69, 9.17) is 4.74 Å². The second-order valence-corrected chi connectivity index (χ2v) is 4.78. The molecule has 0 saturated heterocycles. The Morgan fingerprint density at radius 3 is 2.19 bits per heavy atom. The molecule has 0 bridgehead atoms. The number of halogens is 6. The molecular weight excluding hydrogens is 306 g/mol. The monoisotopic (exact) mass is 318 g/mol. The largest absolute Gasteiger partial charge is 0.490 e. The maximum absolute atomic E-state index is 13.3. The minimum absolute atomic E-state index is 0.164. The molecule has 1 aromatic heterocycles. The summed E-state index contributed by atoms with van der Waals surface area (Å²) >= 11 is 0. The summed E-state index contributed by atoms with van der Waals surface area (Å²) in [5.41, 5.74) is -4.41. The van der Waals surface area contributed by atoms with Crippen LogP contribution < -0.4 is 4.74 Å². The van der Waals surface area contributed by atoms with Crippen LogP contribution in [0.1, 0.15) is 25.5 Å². The Bertz CT molecular complexity index is 507. The fourth-order valence-electron chi connectivity index (χ4n) is 2.01. The van der Waals surface area contributed by atoms with Crippen molar-refractivity contribution < 1.29 is 40.6 Å².